The second-order valence-corrected chi connectivity index (χ2v) is 3.67. The maximum atomic E-state index is 4.42. The molecule has 1 rings (SSSR count). The molecule has 0 amide bonds. The highest BCUT2D eigenvalue weighted by Gasteiger charge is 1.93. The molecule has 0 unspecified atom stereocenters. The van der Waals surface area contributed by atoms with Crippen molar-refractivity contribution in [3.05, 3.63) is 0 Å². The lowest BCUT2D eigenvalue weighted by Crippen LogP contribution is -2.35. The van der Waals surface area contributed by atoms with Gasteiger partial charge in [0, 0.05) is 65.4 Å². The third kappa shape index (κ3) is 8.77. The molecule has 5 heteroatoms. The molecular weight excluding hydrogens is 190 g/mol. The molecule has 1 heterocycles. The van der Waals surface area contributed by atoms with Gasteiger partial charge < -0.3 is 21.3 Å². The van der Waals surface area contributed by atoms with Gasteiger partial charge in [0.25, 0.3) is 0 Å². The van der Waals surface area contributed by atoms with Crippen LogP contribution in [0.2, 0.25) is 0 Å². The maximum Gasteiger partial charge on any atom is 0.0259 e. The lowest BCUT2D eigenvalue weighted by atomic mass is 10.5. The van der Waals surface area contributed by atoms with Crippen molar-refractivity contribution in [1.29, 1.82) is 0 Å². The molecule has 0 saturated carbocycles. The topological polar surface area (TPSA) is 62.2 Å². The van der Waals surface area contributed by atoms with Crippen molar-refractivity contribution in [3.63, 3.8) is 0 Å². The van der Waals surface area contributed by atoms with E-state index in [4.69, 9.17) is 0 Å². The first kappa shape index (κ1) is 12.9. The van der Waals surface area contributed by atoms with Crippen LogP contribution < -0.4 is 26.6 Å². The standard InChI is InChI=1S/C10H24N5/c1-2-12-5-6-14-9-10-15-8-7-13-4-3-11-1/h11-14H,1-10H2. The molecule has 0 atom stereocenters. The first-order valence-corrected chi connectivity index (χ1v) is 5.96. The Labute approximate surface area is 92.8 Å². The summed E-state index contributed by atoms with van der Waals surface area (Å²) in [6, 6.07) is 0. The molecule has 0 aromatic carbocycles. The van der Waals surface area contributed by atoms with E-state index < -0.39 is 0 Å². The Balaban J connectivity index is 2.01. The summed E-state index contributed by atoms with van der Waals surface area (Å²) in [5.41, 5.74) is 0. The summed E-state index contributed by atoms with van der Waals surface area (Å²) >= 11 is 0. The fourth-order valence-corrected chi connectivity index (χ4v) is 1.46. The Morgan fingerprint density at radius 3 is 1.20 bits per heavy atom. The monoisotopic (exact) mass is 214 g/mol. The normalized spacial score (nSPS) is 24.0. The van der Waals surface area contributed by atoms with Crippen LogP contribution >= 0.6 is 0 Å². The summed E-state index contributed by atoms with van der Waals surface area (Å²) < 4.78 is 0. The minimum absolute atomic E-state index is 0.930. The molecule has 1 fully saturated rings. The van der Waals surface area contributed by atoms with Crippen LogP contribution in [0.4, 0.5) is 0 Å². The molecule has 0 aliphatic carbocycles. The van der Waals surface area contributed by atoms with E-state index in [1.165, 1.54) is 0 Å². The van der Waals surface area contributed by atoms with E-state index in [1.807, 2.05) is 0 Å². The van der Waals surface area contributed by atoms with Crippen molar-refractivity contribution < 1.29 is 0 Å². The van der Waals surface area contributed by atoms with Gasteiger partial charge in [-0.3, -0.25) is 0 Å². The van der Waals surface area contributed by atoms with E-state index in [9.17, 15) is 0 Å². The van der Waals surface area contributed by atoms with Gasteiger partial charge in [0.15, 0.2) is 0 Å². The van der Waals surface area contributed by atoms with E-state index in [0.29, 0.717) is 0 Å². The van der Waals surface area contributed by atoms with Crippen molar-refractivity contribution in [3.8, 4) is 0 Å². The van der Waals surface area contributed by atoms with E-state index in [-0.39, 0.29) is 0 Å². The summed E-state index contributed by atoms with van der Waals surface area (Å²) in [5.74, 6) is 0. The zero-order valence-electron chi connectivity index (χ0n) is 9.52. The Kier molecular flexibility index (Phi) is 8.85. The van der Waals surface area contributed by atoms with Crippen LogP contribution in [0, 0.1) is 0 Å². The summed E-state index contributed by atoms with van der Waals surface area (Å²) in [7, 11) is 0. The molecule has 1 radical (unpaired) electrons. The van der Waals surface area contributed by atoms with Crippen LogP contribution in [0.15, 0.2) is 0 Å². The number of nitrogens with zero attached hydrogens (tertiary/aromatic N) is 1. The molecule has 0 bridgehead atoms. The second-order valence-electron chi connectivity index (χ2n) is 3.67. The van der Waals surface area contributed by atoms with Crippen LogP contribution in [-0.4, -0.2) is 65.4 Å². The quantitative estimate of drug-likeness (QED) is 0.375. The Morgan fingerprint density at radius 1 is 0.467 bits per heavy atom. The van der Waals surface area contributed by atoms with Crippen LogP contribution in [0.1, 0.15) is 0 Å². The highest BCUT2D eigenvalue weighted by molar-refractivity contribution is 4.59. The fourth-order valence-electron chi connectivity index (χ4n) is 1.46. The van der Waals surface area contributed by atoms with Gasteiger partial charge in [-0.25, -0.2) is 5.32 Å². The smallest absolute Gasteiger partial charge is 0.0259 e. The second kappa shape index (κ2) is 10.3. The Hall–Kier alpha value is -0.200. The zero-order valence-corrected chi connectivity index (χ0v) is 9.52. The molecule has 89 valence electrons. The average Bonchev–Trinajstić information content (AvgIpc) is 2.27. The van der Waals surface area contributed by atoms with E-state index in [1.54, 1.807) is 0 Å². The van der Waals surface area contributed by atoms with E-state index >= 15 is 0 Å². The predicted octanol–water partition coefficient (Wildman–Crippen LogP) is -2.04. The molecule has 4 N–H and O–H groups in total. The SMILES string of the molecule is C1CNCCNCCNCCNCC[N]1. The first-order valence-electron chi connectivity index (χ1n) is 5.96. The van der Waals surface area contributed by atoms with Crippen LogP contribution in [0.25, 0.3) is 0 Å². The molecule has 0 spiro atoms. The number of rotatable bonds is 0. The minimum atomic E-state index is 0.930. The largest absolute Gasteiger partial charge is 0.314 e. The highest BCUT2D eigenvalue weighted by atomic mass is 15.0. The van der Waals surface area contributed by atoms with Crippen molar-refractivity contribution in [2.24, 2.45) is 0 Å². The van der Waals surface area contributed by atoms with Gasteiger partial charge in [-0.05, 0) is 0 Å². The molecule has 0 aromatic rings. The Bertz CT molecular complexity index is 72.4. The molecule has 15 heavy (non-hydrogen) atoms. The third-order valence-corrected chi connectivity index (χ3v) is 2.33. The first-order chi connectivity index (χ1) is 7.50. The molecular formula is C10H24N5. The van der Waals surface area contributed by atoms with Crippen molar-refractivity contribution >= 4 is 0 Å². The van der Waals surface area contributed by atoms with Gasteiger partial charge in [-0.2, -0.15) is 0 Å². The molecule has 1 saturated heterocycles. The third-order valence-electron chi connectivity index (χ3n) is 2.33. The van der Waals surface area contributed by atoms with Gasteiger partial charge in [0.2, 0.25) is 0 Å². The van der Waals surface area contributed by atoms with Gasteiger partial charge in [-0.15, -0.1) is 0 Å². The minimum Gasteiger partial charge on any atom is -0.314 e. The lowest BCUT2D eigenvalue weighted by Gasteiger charge is -2.06. The highest BCUT2D eigenvalue weighted by Crippen LogP contribution is 1.67. The van der Waals surface area contributed by atoms with Crippen molar-refractivity contribution in [1.82, 2.24) is 26.6 Å². The van der Waals surface area contributed by atoms with Gasteiger partial charge >= 0.3 is 0 Å². The van der Waals surface area contributed by atoms with Crippen LogP contribution in [0.3, 0.4) is 0 Å². The number of hydrogen-bond acceptors (Lipinski definition) is 4. The average molecular weight is 214 g/mol. The predicted molar refractivity (Wildman–Crippen MR) is 63.3 cm³/mol. The molecule has 1 aliphatic rings. The van der Waals surface area contributed by atoms with E-state index in [2.05, 4.69) is 26.6 Å². The van der Waals surface area contributed by atoms with E-state index in [0.717, 1.165) is 65.4 Å². The van der Waals surface area contributed by atoms with Crippen molar-refractivity contribution in [2.75, 3.05) is 65.4 Å². The Morgan fingerprint density at radius 2 is 0.800 bits per heavy atom. The summed E-state index contributed by atoms with van der Waals surface area (Å²) in [4.78, 5) is 0. The fraction of sp³-hybridized carbons (Fsp3) is 1.00. The molecule has 0 aromatic heterocycles. The lowest BCUT2D eigenvalue weighted by molar-refractivity contribution is 0.570. The van der Waals surface area contributed by atoms with Crippen LogP contribution in [-0.2, 0) is 0 Å². The zero-order chi connectivity index (χ0) is 10.6. The van der Waals surface area contributed by atoms with Crippen LogP contribution in [0.5, 0.6) is 0 Å². The van der Waals surface area contributed by atoms with Gasteiger partial charge in [-0.1, -0.05) is 0 Å². The maximum absolute atomic E-state index is 4.42. The van der Waals surface area contributed by atoms with Gasteiger partial charge in [0.05, 0.1) is 0 Å². The summed E-state index contributed by atoms with van der Waals surface area (Å²) in [5, 5.41) is 17.9. The van der Waals surface area contributed by atoms with Gasteiger partial charge in [0.1, 0.15) is 0 Å². The van der Waals surface area contributed by atoms with Crippen molar-refractivity contribution in [2.45, 2.75) is 0 Å². The molecule has 5 nitrogen and oxygen atoms in total. The molecule has 1 aliphatic heterocycles. The summed E-state index contributed by atoms with van der Waals surface area (Å²) in [6.45, 7) is 10.1. The number of nitrogens with one attached hydrogen (secondary N) is 4. The number of hydrogen-bond donors (Lipinski definition) is 4. The summed E-state index contributed by atoms with van der Waals surface area (Å²) in [6.07, 6.45) is 0.